The first-order valence-electron chi connectivity index (χ1n) is 5.69. The molecule has 17 heavy (non-hydrogen) atoms. The summed E-state index contributed by atoms with van der Waals surface area (Å²) in [6.45, 7) is 2.98. The Balaban J connectivity index is 2.31. The van der Waals surface area contributed by atoms with Gasteiger partial charge < -0.3 is 5.32 Å². The van der Waals surface area contributed by atoms with Gasteiger partial charge in [0.25, 0.3) is 0 Å². The first kappa shape index (κ1) is 12.1. The van der Waals surface area contributed by atoms with Crippen molar-refractivity contribution in [2.45, 2.75) is 13.0 Å². The second kappa shape index (κ2) is 5.34. The first-order valence-corrected chi connectivity index (χ1v) is 6.07. The van der Waals surface area contributed by atoms with Crippen LogP contribution in [-0.4, -0.2) is 16.3 Å². The molecule has 0 aliphatic heterocycles. The molecule has 2 rings (SSSR count). The molecule has 1 heterocycles. The quantitative estimate of drug-likeness (QED) is 0.903. The highest BCUT2D eigenvalue weighted by atomic mass is 35.5. The summed E-state index contributed by atoms with van der Waals surface area (Å²) in [5.41, 5.74) is 2.20. The second-order valence-electron chi connectivity index (χ2n) is 3.96. The minimum atomic E-state index is 0.124. The molecule has 0 spiro atoms. The lowest BCUT2D eigenvalue weighted by molar-refractivity contribution is 0.600. The van der Waals surface area contributed by atoms with E-state index in [1.807, 2.05) is 48.3 Å². The normalized spacial score (nSPS) is 12.6. The van der Waals surface area contributed by atoms with Crippen molar-refractivity contribution in [2.24, 2.45) is 7.05 Å². The van der Waals surface area contributed by atoms with Crippen LogP contribution in [0.1, 0.15) is 24.2 Å². The standard InChI is InChI=1S/C13H16ClN3/c1-3-15-13(12-8-9-17(2)16-12)10-4-6-11(14)7-5-10/h4-9,13,15H,3H2,1-2H3. The lowest BCUT2D eigenvalue weighted by atomic mass is 10.0. The molecule has 2 aromatic rings. The SMILES string of the molecule is CCNC(c1ccc(Cl)cc1)c1ccn(C)n1. The van der Waals surface area contributed by atoms with Crippen LogP contribution in [0.2, 0.25) is 5.02 Å². The molecule has 90 valence electrons. The molecule has 0 saturated heterocycles. The van der Waals surface area contributed by atoms with Crippen molar-refractivity contribution in [1.29, 1.82) is 0 Å². The molecular weight excluding hydrogens is 234 g/mol. The Labute approximate surface area is 106 Å². The summed E-state index contributed by atoms with van der Waals surface area (Å²) >= 11 is 5.90. The van der Waals surface area contributed by atoms with Crippen LogP contribution in [0.3, 0.4) is 0 Å². The number of nitrogens with zero attached hydrogens (tertiary/aromatic N) is 2. The Hall–Kier alpha value is -1.32. The molecule has 4 heteroatoms. The van der Waals surface area contributed by atoms with Crippen LogP contribution in [0.4, 0.5) is 0 Å². The molecule has 0 saturated carbocycles. The Morgan fingerprint density at radius 2 is 2.00 bits per heavy atom. The molecule has 3 nitrogen and oxygen atoms in total. The van der Waals surface area contributed by atoms with Crippen molar-refractivity contribution < 1.29 is 0 Å². The van der Waals surface area contributed by atoms with Gasteiger partial charge in [-0.15, -0.1) is 0 Å². The van der Waals surface area contributed by atoms with Crippen LogP contribution in [0.25, 0.3) is 0 Å². The first-order chi connectivity index (χ1) is 8.20. The van der Waals surface area contributed by atoms with E-state index in [0.29, 0.717) is 0 Å². The van der Waals surface area contributed by atoms with Gasteiger partial charge in [-0.05, 0) is 30.3 Å². The highest BCUT2D eigenvalue weighted by Gasteiger charge is 2.15. The van der Waals surface area contributed by atoms with Gasteiger partial charge in [-0.2, -0.15) is 5.10 Å². The van der Waals surface area contributed by atoms with E-state index in [-0.39, 0.29) is 6.04 Å². The van der Waals surface area contributed by atoms with Crippen LogP contribution >= 0.6 is 11.6 Å². The van der Waals surface area contributed by atoms with E-state index in [4.69, 9.17) is 11.6 Å². The average molecular weight is 250 g/mol. The number of aryl methyl sites for hydroxylation is 1. The second-order valence-corrected chi connectivity index (χ2v) is 4.39. The third-order valence-corrected chi connectivity index (χ3v) is 2.89. The van der Waals surface area contributed by atoms with Crippen LogP contribution < -0.4 is 5.32 Å². The van der Waals surface area contributed by atoms with Crippen LogP contribution in [-0.2, 0) is 7.05 Å². The van der Waals surface area contributed by atoms with E-state index in [0.717, 1.165) is 17.3 Å². The lowest BCUT2D eigenvalue weighted by Gasteiger charge is -2.16. The van der Waals surface area contributed by atoms with Crippen LogP contribution in [0.5, 0.6) is 0 Å². The Morgan fingerprint density at radius 3 is 2.53 bits per heavy atom. The maximum Gasteiger partial charge on any atom is 0.0839 e. The zero-order valence-electron chi connectivity index (χ0n) is 10.0. The Kier molecular flexibility index (Phi) is 3.82. The van der Waals surface area contributed by atoms with E-state index < -0.39 is 0 Å². The molecule has 0 radical (unpaired) electrons. The van der Waals surface area contributed by atoms with Crippen molar-refractivity contribution in [3.05, 3.63) is 52.8 Å². The molecule has 1 atom stereocenters. The molecule has 1 unspecified atom stereocenters. The highest BCUT2D eigenvalue weighted by Crippen LogP contribution is 2.21. The van der Waals surface area contributed by atoms with Crippen molar-refractivity contribution in [1.82, 2.24) is 15.1 Å². The van der Waals surface area contributed by atoms with E-state index in [2.05, 4.69) is 17.3 Å². The number of aromatic nitrogens is 2. The molecular formula is C13H16ClN3. The Morgan fingerprint density at radius 1 is 1.29 bits per heavy atom. The molecule has 1 aromatic carbocycles. The van der Waals surface area contributed by atoms with E-state index in [1.54, 1.807) is 0 Å². The van der Waals surface area contributed by atoms with E-state index in [9.17, 15) is 0 Å². The van der Waals surface area contributed by atoms with Gasteiger partial charge >= 0.3 is 0 Å². The summed E-state index contributed by atoms with van der Waals surface area (Å²) in [6, 6.07) is 10.0. The highest BCUT2D eigenvalue weighted by molar-refractivity contribution is 6.30. The Bertz CT molecular complexity index is 476. The lowest BCUT2D eigenvalue weighted by Crippen LogP contribution is -2.22. The molecule has 0 fully saturated rings. The van der Waals surface area contributed by atoms with E-state index in [1.165, 1.54) is 5.56 Å². The largest absolute Gasteiger partial charge is 0.305 e. The number of nitrogens with one attached hydrogen (secondary N) is 1. The molecule has 0 aliphatic rings. The summed E-state index contributed by atoms with van der Waals surface area (Å²) in [4.78, 5) is 0. The minimum Gasteiger partial charge on any atom is -0.305 e. The third kappa shape index (κ3) is 2.87. The van der Waals surface area contributed by atoms with Crippen molar-refractivity contribution in [3.8, 4) is 0 Å². The number of hydrogen-bond donors (Lipinski definition) is 1. The van der Waals surface area contributed by atoms with Gasteiger partial charge in [-0.25, -0.2) is 0 Å². The fraction of sp³-hybridized carbons (Fsp3) is 0.308. The summed E-state index contributed by atoms with van der Waals surface area (Å²) in [5.74, 6) is 0. The molecule has 0 amide bonds. The molecule has 1 aromatic heterocycles. The van der Waals surface area contributed by atoms with Crippen LogP contribution in [0.15, 0.2) is 36.5 Å². The summed E-state index contributed by atoms with van der Waals surface area (Å²) in [5, 5.41) is 8.63. The van der Waals surface area contributed by atoms with Gasteiger partial charge in [-0.3, -0.25) is 4.68 Å². The predicted octanol–water partition coefficient (Wildman–Crippen LogP) is 2.77. The third-order valence-electron chi connectivity index (χ3n) is 2.64. The van der Waals surface area contributed by atoms with Gasteiger partial charge in [0.2, 0.25) is 0 Å². The number of benzene rings is 1. The molecule has 0 aliphatic carbocycles. The van der Waals surface area contributed by atoms with Gasteiger partial charge in [0, 0.05) is 18.3 Å². The molecule has 1 N–H and O–H groups in total. The monoisotopic (exact) mass is 249 g/mol. The smallest absolute Gasteiger partial charge is 0.0839 e. The van der Waals surface area contributed by atoms with Crippen molar-refractivity contribution in [3.63, 3.8) is 0 Å². The van der Waals surface area contributed by atoms with Crippen molar-refractivity contribution in [2.75, 3.05) is 6.54 Å². The van der Waals surface area contributed by atoms with Gasteiger partial charge in [-0.1, -0.05) is 30.7 Å². The number of halogens is 1. The predicted molar refractivity (Wildman–Crippen MR) is 70.2 cm³/mol. The fourth-order valence-electron chi connectivity index (χ4n) is 1.84. The minimum absolute atomic E-state index is 0.124. The van der Waals surface area contributed by atoms with E-state index >= 15 is 0 Å². The summed E-state index contributed by atoms with van der Waals surface area (Å²) in [6.07, 6.45) is 1.95. The fourth-order valence-corrected chi connectivity index (χ4v) is 1.97. The zero-order chi connectivity index (χ0) is 12.3. The van der Waals surface area contributed by atoms with Crippen molar-refractivity contribution >= 4 is 11.6 Å². The van der Waals surface area contributed by atoms with Crippen LogP contribution in [0, 0.1) is 0 Å². The molecule has 0 bridgehead atoms. The average Bonchev–Trinajstić information content (AvgIpc) is 2.74. The number of hydrogen-bond acceptors (Lipinski definition) is 2. The summed E-state index contributed by atoms with van der Waals surface area (Å²) in [7, 11) is 1.92. The topological polar surface area (TPSA) is 29.9 Å². The summed E-state index contributed by atoms with van der Waals surface area (Å²) < 4.78 is 1.82. The van der Waals surface area contributed by atoms with Gasteiger partial charge in [0.1, 0.15) is 0 Å². The maximum absolute atomic E-state index is 5.90. The van der Waals surface area contributed by atoms with Gasteiger partial charge in [0.15, 0.2) is 0 Å². The zero-order valence-corrected chi connectivity index (χ0v) is 10.8. The maximum atomic E-state index is 5.90. The number of rotatable bonds is 4. The van der Waals surface area contributed by atoms with Gasteiger partial charge in [0.05, 0.1) is 11.7 Å².